The van der Waals surface area contributed by atoms with Crippen LogP contribution in [0.1, 0.15) is 40.5 Å². The Morgan fingerprint density at radius 2 is 2.07 bits per heavy atom. The predicted octanol–water partition coefficient (Wildman–Crippen LogP) is 1.56. The summed E-state index contributed by atoms with van der Waals surface area (Å²) in [5.41, 5.74) is 0.108. The second-order valence-corrected chi connectivity index (χ2v) is 5.98. The molecule has 1 aliphatic rings. The number of rotatable bonds is 4. The molecule has 3 heteroatoms. The molecule has 3 unspecified atom stereocenters. The van der Waals surface area contributed by atoms with Crippen LogP contribution in [0, 0.1) is 17.3 Å². The van der Waals surface area contributed by atoms with Gasteiger partial charge in [-0.05, 0) is 24.2 Å². The quantitative estimate of drug-likeness (QED) is 0.744. The van der Waals surface area contributed by atoms with E-state index in [1.807, 2.05) is 0 Å². The molecule has 0 aliphatic heterocycles. The van der Waals surface area contributed by atoms with Crippen molar-refractivity contribution in [1.82, 2.24) is 5.32 Å². The Morgan fingerprint density at radius 1 is 1.53 bits per heavy atom. The zero-order valence-corrected chi connectivity index (χ0v) is 10.2. The van der Waals surface area contributed by atoms with Gasteiger partial charge >= 0.3 is 0 Å². The van der Waals surface area contributed by atoms with E-state index in [1.165, 1.54) is 0 Å². The number of carbonyl (C=O) groups is 1. The van der Waals surface area contributed by atoms with E-state index in [-0.39, 0.29) is 17.2 Å². The van der Waals surface area contributed by atoms with Gasteiger partial charge < -0.3 is 10.4 Å². The van der Waals surface area contributed by atoms with E-state index in [4.69, 9.17) is 0 Å². The van der Waals surface area contributed by atoms with Crippen molar-refractivity contribution in [2.75, 3.05) is 6.54 Å². The average Bonchev–Trinajstić information content (AvgIpc) is 2.75. The molecule has 0 bridgehead atoms. The Hall–Kier alpha value is -0.570. The van der Waals surface area contributed by atoms with Gasteiger partial charge in [0.05, 0.1) is 6.10 Å². The van der Waals surface area contributed by atoms with Crippen molar-refractivity contribution >= 4 is 5.91 Å². The van der Waals surface area contributed by atoms with Gasteiger partial charge in [0.25, 0.3) is 0 Å². The fourth-order valence-corrected chi connectivity index (χ4v) is 1.82. The van der Waals surface area contributed by atoms with Gasteiger partial charge in [0.15, 0.2) is 0 Å². The van der Waals surface area contributed by atoms with E-state index >= 15 is 0 Å². The van der Waals surface area contributed by atoms with Crippen molar-refractivity contribution in [3.05, 3.63) is 0 Å². The lowest BCUT2D eigenvalue weighted by atomic mass is 9.89. The highest BCUT2D eigenvalue weighted by Crippen LogP contribution is 2.37. The van der Waals surface area contributed by atoms with Crippen LogP contribution in [0.15, 0.2) is 0 Å². The Morgan fingerprint density at radius 3 is 2.47 bits per heavy atom. The molecule has 1 rings (SSSR count). The van der Waals surface area contributed by atoms with Crippen molar-refractivity contribution < 1.29 is 9.90 Å². The molecule has 1 saturated carbocycles. The molecule has 3 nitrogen and oxygen atoms in total. The van der Waals surface area contributed by atoms with Crippen molar-refractivity contribution in [3.8, 4) is 0 Å². The molecule has 15 heavy (non-hydrogen) atoms. The highest BCUT2D eigenvalue weighted by Gasteiger charge is 2.39. The molecule has 0 aromatic carbocycles. The van der Waals surface area contributed by atoms with Crippen LogP contribution in [0.3, 0.4) is 0 Å². The summed E-state index contributed by atoms with van der Waals surface area (Å²) in [4.78, 5) is 11.5. The SMILES string of the molecule is CC1CC1C(=O)NCC(O)CC(C)(C)C. The molecule has 1 aliphatic carbocycles. The summed E-state index contributed by atoms with van der Waals surface area (Å²) in [6, 6.07) is 0. The summed E-state index contributed by atoms with van der Waals surface area (Å²) >= 11 is 0. The molecular formula is C12H23NO2. The molecule has 0 radical (unpaired) electrons. The predicted molar refractivity (Wildman–Crippen MR) is 60.4 cm³/mol. The van der Waals surface area contributed by atoms with Crippen LogP contribution in [-0.4, -0.2) is 23.7 Å². The van der Waals surface area contributed by atoms with Gasteiger partial charge in [-0.1, -0.05) is 27.7 Å². The fraction of sp³-hybridized carbons (Fsp3) is 0.917. The monoisotopic (exact) mass is 213 g/mol. The van der Waals surface area contributed by atoms with Crippen LogP contribution >= 0.6 is 0 Å². The van der Waals surface area contributed by atoms with E-state index in [0.29, 0.717) is 18.9 Å². The third-order valence-corrected chi connectivity index (χ3v) is 2.81. The van der Waals surface area contributed by atoms with E-state index in [2.05, 4.69) is 33.0 Å². The van der Waals surface area contributed by atoms with Crippen molar-refractivity contribution in [3.63, 3.8) is 0 Å². The number of nitrogens with one attached hydrogen (secondary N) is 1. The van der Waals surface area contributed by atoms with Crippen LogP contribution in [0.2, 0.25) is 0 Å². The lowest BCUT2D eigenvalue weighted by Gasteiger charge is -2.22. The molecule has 1 amide bonds. The maximum atomic E-state index is 11.5. The van der Waals surface area contributed by atoms with Crippen LogP contribution in [0.4, 0.5) is 0 Å². The largest absolute Gasteiger partial charge is 0.391 e. The Labute approximate surface area is 92.3 Å². The molecule has 0 spiro atoms. The van der Waals surface area contributed by atoms with Crippen LogP contribution in [0.5, 0.6) is 0 Å². The summed E-state index contributed by atoms with van der Waals surface area (Å²) in [5, 5.41) is 12.5. The lowest BCUT2D eigenvalue weighted by molar-refractivity contribution is -0.123. The summed E-state index contributed by atoms with van der Waals surface area (Å²) in [6.07, 6.45) is 1.29. The van der Waals surface area contributed by atoms with Crippen molar-refractivity contribution in [1.29, 1.82) is 0 Å². The smallest absolute Gasteiger partial charge is 0.223 e. The van der Waals surface area contributed by atoms with Gasteiger partial charge in [0.1, 0.15) is 0 Å². The number of amides is 1. The summed E-state index contributed by atoms with van der Waals surface area (Å²) in [6.45, 7) is 8.72. The standard InChI is InChI=1S/C12H23NO2/c1-8-5-10(8)11(15)13-7-9(14)6-12(2,3)4/h8-10,14H,5-7H2,1-4H3,(H,13,15). The Balaban J connectivity index is 2.16. The van der Waals surface area contributed by atoms with Gasteiger partial charge in [0.2, 0.25) is 5.91 Å². The van der Waals surface area contributed by atoms with E-state index in [0.717, 1.165) is 6.42 Å². The lowest BCUT2D eigenvalue weighted by Crippen LogP contribution is -2.35. The van der Waals surface area contributed by atoms with Gasteiger partial charge in [0, 0.05) is 12.5 Å². The number of aliphatic hydroxyl groups is 1. The second kappa shape index (κ2) is 4.52. The minimum absolute atomic E-state index is 0.107. The number of hydrogen-bond donors (Lipinski definition) is 2. The van der Waals surface area contributed by atoms with Gasteiger partial charge in [-0.15, -0.1) is 0 Å². The summed E-state index contributed by atoms with van der Waals surface area (Å²) in [5.74, 6) is 0.840. The molecule has 0 heterocycles. The molecule has 2 N–H and O–H groups in total. The fourth-order valence-electron chi connectivity index (χ4n) is 1.82. The zero-order valence-electron chi connectivity index (χ0n) is 10.2. The van der Waals surface area contributed by atoms with Crippen molar-refractivity contribution in [2.45, 2.75) is 46.6 Å². The molecule has 0 saturated heterocycles. The first-order valence-corrected chi connectivity index (χ1v) is 5.75. The summed E-state index contributed by atoms with van der Waals surface area (Å²) in [7, 11) is 0. The first-order valence-electron chi connectivity index (χ1n) is 5.75. The number of aliphatic hydroxyl groups excluding tert-OH is 1. The van der Waals surface area contributed by atoms with Crippen LogP contribution < -0.4 is 5.32 Å². The van der Waals surface area contributed by atoms with Gasteiger partial charge in [-0.3, -0.25) is 4.79 Å². The molecule has 3 atom stereocenters. The van der Waals surface area contributed by atoms with Gasteiger partial charge in [-0.25, -0.2) is 0 Å². The normalized spacial score (nSPS) is 27.3. The first kappa shape index (κ1) is 12.5. The maximum absolute atomic E-state index is 11.5. The van der Waals surface area contributed by atoms with Crippen LogP contribution in [-0.2, 0) is 4.79 Å². The van der Waals surface area contributed by atoms with Gasteiger partial charge in [-0.2, -0.15) is 0 Å². The second-order valence-electron chi connectivity index (χ2n) is 5.98. The molecule has 88 valence electrons. The van der Waals surface area contributed by atoms with Crippen molar-refractivity contribution in [2.24, 2.45) is 17.3 Å². The van der Waals surface area contributed by atoms with E-state index < -0.39 is 6.10 Å². The highest BCUT2D eigenvalue weighted by molar-refractivity contribution is 5.81. The maximum Gasteiger partial charge on any atom is 0.223 e. The Bertz CT molecular complexity index is 232. The van der Waals surface area contributed by atoms with Crippen LogP contribution in [0.25, 0.3) is 0 Å². The molecule has 0 aromatic heterocycles. The average molecular weight is 213 g/mol. The topological polar surface area (TPSA) is 49.3 Å². The van der Waals surface area contributed by atoms with E-state index in [1.54, 1.807) is 0 Å². The number of carbonyl (C=O) groups excluding carboxylic acids is 1. The third kappa shape index (κ3) is 4.65. The molecule has 1 fully saturated rings. The summed E-state index contributed by atoms with van der Waals surface area (Å²) < 4.78 is 0. The highest BCUT2D eigenvalue weighted by atomic mass is 16.3. The molecule has 0 aromatic rings. The first-order chi connectivity index (χ1) is 6.79. The van der Waals surface area contributed by atoms with E-state index in [9.17, 15) is 9.90 Å². The zero-order chi connectivity index (χ0) is 11.6. The minimum atomic E-state index is -0.428. The Kier molecular flexibility index (Phi) is 3.77. The third-order valence-electron chi connectivity index (χ3n) is 2.81. The number of hydrogen-bond acceptors (Lipinski definition) is 2. The minimum Gasteiger partial charge on any atom is -0.391 e. The molecular weight excluding hydrogens is 190 g/mol.